The van der Waals surface area contributed by atoms with Crippen molar-refractivity contribution in [2.75, 3.05) is 0 Å². The number of carboxylic acid groups (broad SMARTS) is 1. The fourth-order valence-corrected chi connectivity index (χ4v) is 1.75. The second kappa shape index (κ2) is 4.28. The van der Waals surface area contributed by atoms with Gasteiger partial charge in [0.1, 0.15) is 0 Å². The summed E-state index contributed by atoms with van der Waals surface area (Å²) in [4.78, 5) is 21.0. The lowest BCUT2D eigenvalue weighted by atomic mass is 10.0. The molecule has 0 atom stereocenters. The van der Waals surface area contributed by atoms with Gasteiger partial charge in [-0.25, -0.2) is 4.79 Å². The van der Waals surface area contributed by atoms with Crippen LogP contribution in [-0.4, -0.2) is 15.4 Å². The smallest absolute Gasteiger partial charge is 0.414 e. The van der Waals surface area contributed by atoms with Crippen LogP contribution < -0.4 is 4.94 Å². The highest BCUT2D eigenvalue weighted by Gasteiger charge is 2.12. The Morgan fingerprint density at radius 1 is 1.44 bits per heavy atom. The van der Waals surface area contributed by atoms with Crippen molar-refractivity contribution in [3.8, 4) is 11.5 Å². The fraction of sp³-hybridized carbons (Fsp3) is 0.100. The highest BCUT2D eigenvalue weighted by Crippen LogP contribution is 2.21. The van der Waals surface area contributed by atoms with Gasteiger partial charge in [-0.1, -0.05) is 18.2 Å². The van der Waals surface area contributed by atoms with E-state index >= 15 is 0 Å². The monoisotopic (exact) mass is 237 g/mol. The number of carboxylic acids is 1. The van der Waals surface area contributed by atoms with Gasteiger partial charge in [-0.05, 0) is 11.6 Å². The molecule has 2 rings (SSSR count). The number of hydrogen-bond donors (Lipinski definition) is 1. The number of rotatable bonds is 3. The van der Waals surface area contributed by atoms with Gasteiger partial charge in [0.15, 0.2) is 0 Å². The maximum absolute atomic E-state index is 10.9. The molecule has 0 bridgehead atoms. The van der Waals surface area contributed by atoms with Crippen LogP contribution >= 0.6 is 11.5 Å². The largest absolute Gasteiger partial charge is 0.481 e. The summed E-state index contributed by atoms with van der Waals surface area (Å²) in [7, 11) is 0. The van der Waals surface area contributed by atoms with Crippen LogP contribution in [0.2, 0.25) is 0 Å². The van der Waals surface area contributed by atoms with Gasteiger partial charge in [0.05, 0.1) is 18.0 Å². The minimum atomic E-state index is -0.940. The van der Waals surface area contributed by atoms with Crippen molar-refractivity contribution in [1.82, 2.24) is 4.37 Å². The van der Waals surface area contributed by atoms with Gasteiger partial charge >= 0.3 is 10.9 Å². The molecule has 1 heterocycles. The Morgan fingerprint density at radius 2 is 2.19 bits per heavy atom. The summed E-state index contributed by atoms with van der Waals surface area (Å²) in [5.74, 6) is -0.767. The predicted octanol–water partition coefficient (Wildman–Crippen LogP) is 1.39. The zero-order chi connectivity index (χ0) is 11.5. The zero-order valence-electron chi connectivity index (χ0n) is 8.04. The van der Waals surface area contributed by atoms with Gasteiger partial charge < -0.3 is 9.52 Å². The van der Waals surface area contributed by atoms with Gasteiger partial charge in [0.2, 0.25) is 5.89 Å². The molecule has 5 nitrogen and oxygen atoms in total. The first-order valence-corrected chi connectivity index (χ1v) is 5.21. The van der Waals surface area contributed by atoms with E-state index in [4.69, 9.17) is 9.52 Å². The van der Waals surface area contributed by atoms with E-state index in [1.165, 1.54) is 0 Å². The highest BCUT2D eigenvalue weighted by atomic mass is 32.1. The molecule has 0 unspecified atom stereocenters. The molecule has 0 saturated heterocycles. The van der Waals surface area contributed by atoms with Crippen molar-refractivity contribution in [2.45, 2.75) is 6.42 Å². The molecule has 1 N–H and O–H groups in total. The minimum Gasteiger partial charge on any atom is -0.481 e. The molecule has 82 valence electrons. The first-order chi connectivity index (χ1) is 7.66. The molecule has 0 amide bonds. The van der Waals surface area contributed by atoms with Crippen molar-refractivity contribution >= 4 is 17.5 Å². The third-order valence-electron chi connectivity index (χ3n) is 1.97. The highest BCUT2D eigenvalue weighted by molar-refractivity contribution is 7.02. The maximum Gasteiger partial charge on any atom is 0.414 e. The van der Waals surface area contributed by atoms with E-state index in [2.05, 4.69) is 4.37 Å². The van der Waals surface area contributed by atoms with Crippen LogP contribution in [-0.2, 0) is 11.2 Å². The molecular formula is C10H7NO4S. The lowest BCUT2D eigenvalue weighted by Crippen LogP contribution is -2.01. The number of nitrogens with zero attached hydrogens (tertiary/aromatic N) is 1. The van der Waals surface area contributed by atoms with Crippen molar-refractivity contribution in [2.24, 2.45) is 0 Å². The molecule has 0 radical (unpaired) electrons. The average molecular weight is 237 g/mol. The molecule has 2 aromatic rings. The van der Waals surface area contributed by atoms with Crippen LogP contribution in [0.15, 0.2) is 33.5 Å². The number of benzene rings is 1. The van der Waals surface area contributed by atoms with Crippen LogP contribution in [0, 0.1) is 0 Å². The normalized spacial score (nSPS) is 10.2. The molecule has 0 aliphatic carbocycles. The number of aromatic nitrogens is 1. The van der Waals surface area contributed by atoms with E-state index in [0.717, 1.165) is 0 Å². The molecule has 1 aromatic heterocycles. The standard InChI is InChI=1S/C10H7NO4S/c12-8(13)5-6-3-1-2-4-7(6)9-11-16-10(14)15-9/h1-4H,5H2,(H,12,13). The average Bonchev–Trinajstić information content (AvgIpc) is 2.65. The Morgan fingerprint density at radius 3 is 2.81 bits per heavy atom. The van der Waals surface area contributed by atoms with E-state index in [-0.39, 0.29) is 12.3 Å². The number of carbonyl (C=O) groups is 1. The van der Waals surface area contributed by atoms with E-state index in [1.54, 1.807) is 24.3 Å². The van der Waals surface area contributed by atoms with Crippen molar-refractivity contribution in [1.29, 1.82) is 0 Å². The Labute approximate surface area is 94.1 Å². The Bertz CT molecular complexity index is 572. The fourth-order valence-electron chi connectivity index (χ4n) is 1.35. The van der Waals surface area contributed by atoms with Gasteiger partial charge in [0, 0.05) is 5.56 Å². The van der Waals surface area contributed by atoms with Crippen LogP contribution in [0.1, 0.15) is 5.56 Å². The van der Waals surface area contributed by atoms with Crippen LogP contribution in [0.25, 0.3) is 11.5 Å². The Kier molecular flexibility index (Phi) is 2.82. The topological polar surface area (TPSA) is 80.4 Å². The molecule has 6 heteroatoms. The second-order valence-electron chi connectivity index (χ2n) is 3.07. The van der Waals surface area contributed by atoms with Crippen molar-refractivity contribution in [3.05, 3.63) is 39.6 Å². The maximum atomic E-state index is 10.9. The van der Waals surface area contributed by atoms with E-state index in [9.17, 15) is 9.59 Å². The van der Waals surface area contributed by atoms with Gasteiger partial charge in [-0.3, -0.25) is 4.79 Å². The minimum absolute atomic E-state index is 0.128. The number of hydrogen-bond acceptors (Lipinski definition) is 5. The molecule has 0 spiro atoms. The van der Waals surface area contributed by atoms with E-state index in [0.29, 0.717) is 22.7 Å². The molecule has 0 aliphatic heterocycles. The van der Waals surface area contributed by atoms with Crippen LogP contribution in [0.4, 0.5) is 0 Å². The Balaban J connectivity index is 2.47. The lowest BCUT2D eigenvalue weighted by molar-refractivity contribution is -0.136. The summed E-state index contributed by atoms with van der Waals surface area (Å²) < 4.78 is 8.67. The van der Waals surface area contributed by atoms with Gasteiger partial charge in [-0.2, -0.15) is 0 Å². The summed E-state index contributed by atoms with van der Waals surface area (Å²) in [6.45, 7) is 0. The molecule has 0 aliphatic rings. The second-order valence-corrected chi connectivity index (χ2v) is 3.77. The predicted molar refractivity (Wildman–Crippen MR) is 57.4 cm³/mol. The van der Waals surface area contributed by atoms with Gasteiger partial charge in [0.25, 0.3) is 0 Å². The number of aliphatic carboxylic acids is 1. The molecular weight excluding hydrogens is 230 g/mol. The summed E-state index contributed by atoms with van der Waals surface area (Å²) >= 11 is 0.707. The lowest BCUT2D eigenvalue weighted by Gasteiger charge is -2.02. The quantitative estimate of drug-likeness (QED) is 0.872. The summed E-state index contributed by atoms with van der Waals surface area (Å²) in [5, 5.41) is 8.73. The molecule has 1 aromatic carbocycles. The third kappa shape index (κ3) is 2.17. The molecule has 16 heavy (non-hydrogen) atoms. The molecule has 0 fully saturated rings. The van der Waals surface area contributed by atoms with Crippen LogP contribution in [0.5, 0.6) is 0 Å². The first kappa shape index (κ1) is 10.6. The van der Waals surface area contributed by atoms with Crippen molar-refractivity contribution in [3.63, 3.8) is 0 Å². The first-order valence-electron chi connectivity index (χ1n) is 4.43. The summed E-state index contributed by atoms with van der Waals surface area (Å²) in [6.07, 6.45) is -0.128. The van der Waals surface area contributed by atoms with E-state index < -0.39 is 10.9 Å². The zero-order valence-corrected chi connectivity index (χ0v) is 8.86. The Hall–Kier alpha value is -1.95. The molecule has 0 saturated carbocycles. The van der Waals surface area contributed by atoms with Gasteiger partial charge in [-0.15, -0.1) is 4.37 Å². The third-order valence-corrected chi connectivity index (χ3v) is 2.46. The summed E-state index contributed by atoms with van der Waals surface area (Å²) in [5.41, 5.74) is 1.12. The van der Waals surface area contributed by atoms with Crippen molar-refractivity contribution < 1.29 is 14.3 Å². The SMILES string of the molecule is O=C(O)Cc1ccccc1-c1nsc(=O)o1. The van der Waals surface area contributed by atoms with Crippen LogP contribution in [0.3, 0.4) is 0 Å². The summed E-state index contributed by atoms with van der Waals surface area (Å²) in [6, 6.07) is 6.81. The van der Waals surface area contributed by atoms with E-state index in [1.807, 2.05) is 0 Å².